The monoisotopic (exact) mass is 308 g/mol. The first kappa shape index (κ1) is 15.0. The van der Waals surface area contributed by atoms with E-state index < -0.39 is 9.84 Å². The van der Waals surface area contributed by atoms with Gasteiger partial charge in [-0.25, -0.2) is 8.42 Å². The van der Waals surface area contributed by atoms with E-state index >= 15 is 0 Å². The predicted octanol–water partition coefficient (Wildman–Crippen LogP) is 1.43. The average Bonchev–Trinajstić information content (AvgIpc) is 3.04. The lowest BCUT2D eigenvalue weighted by Gasteiger charge is -2.18. The minimum absolute atomic E-state index is 0.152. The molecule has 0 saturated carbocycles. The molecule has 0 aromatic heterocycles. The van der Waals surface area contributed by atoms with Gasteiger partial charge in [0.25, 0.3) is 0 Å². The highest BCUT2D eigenvalue weighted by Crippen LogP contribution is 2.20. The highest BCUT2D eigenvalue weighted by molar-refractivity contribution is 7.92. The normalized spacial score (nSPS) is 29.0. The second-order valence-corrected chi connectivity index (χ2v) is 8.65. The molecule has 2 atom stereocenters. The van der Waals surface area contributed by atoms with Crippen molar-refractivity contribution in [2.45, 2.75) is 37.1 Å². The summed E-state index contributed by atoms with van der Waals surface area (Å²) in [4.78, 5) is 2.44. The van der Waals surface area contributed by atoms with Crippen LogP contribution in [0.1, 0.15) is 24.8 Å². The molecule has 2 fully saturated rings. The van der Waals surface area contributed by atoms with Crippen molar-refractivity contribution in [2.75, 3.05) is 25.4 Å². The summed E-state index contributed by atoms with van der Waals surface area (Å²) in [7, 11) is -2.82. The summed E-state index contributed by atoms with van der Waals surface area (Å²) >= 11 is 0. The lowest BCUT2D eigenvalue weighted by atomic mass is 10.2. The zero-order valence-corrected chi connectivity index (χ0v) is 13.2. The fourth-order valence-corrected chi connectivity index (χ4v) is 5.15. The standard InChI is InChI=1S/C16H24N2O2S/c19-21(20)10-4-7-16(21)11-17-15-8-9-18(13-15)12-14-5-2-1-3-6-14/h1-3,5-6,15-17H,4,7-13H2. The van der Waals surface area contributed by atoms with Crippen LogP contribution in [-0.2, 0) is 16.4 Å². The van der Waals surface area contributed by atoms with Gasteiger partial charge in [0.2, 0.25) is 0 Å². The highest BCUT2D eigenvalue weighted by atomic mass is 32.2. The molecule has 4 nitrogen and oxygen atoms in total. The summed E-state index contributed by atoms with van der Waals surface area (Å²) in [5.41, 5.74) is 1.34. The van der Waals surface area contributed by atoms with Gasteiger partial charge in [0.05, 0.1) is 11.0 Å². The molecule has 2 saturated heterocycles. The fraction of sp³-hybridized carbons (Fsp3) is 0.625. The molecule has 0 radical (unpaired) electrons. The molecule has 116 valence electrons. The number of nitrogens with one attached hydrogen (secondary N) is 1. The molecular weight excluding hydrogens is 284 g/mol. The van der Waals surface area contributed by atoms with E-state index in [2.05, 4.69) is 34.5 Å². The second kappa shape index (κ2) is 6.46. The van der Waals surface area contributed by atoms with Crippen LogP contribution in [0.3, 0.4) is 0 Å². The smallest absolute Gasteiger partial charge is 0.154 e. The lowest BCUT2D eigenvalue weighted by molar-refractivity contribution is 0.320. The van der Waals surface area contributed by atoms with E-state index in [1.54, 1.807) is 0 Å². The minimum Gasteiger partial charge on any atom is -0.311 e. The van der Waals surface area contributed by atoms with Crippen LogP contribution in [0.25, 0.3) is 0 Å². The van der Waals surface area contributed by atoms with Crippen LogP contribution in [0.4, 0.5) is 0 Å². The number of hydrogen-bond donors (Lipinski definition) is 1. The Morgan fingerprint density at radius 3 is 2.71 bits per heavy atom. The zero-order valence-electron chi connectivity index (χ0n) is 12.4. The van der Waals surface area contributed by atoms with Gasteiger partial charge in [-0.2, -0.15) is 0 Å². The third-order valence-electron chi connectivity index (χ3n) is 4.62. The van der Waals surface area contributed by atoms with Gasteiger partial charge in [0, 0.05) is 32.2 Å². The van der Waals surface area contributed by atoms with Crippen molar-refractivity contribution in [3.63, 3.8) is 0 Å². The molecule has 0 spiro atoms. The Morgan fingerprint density at radius 2 is 2.00 bits per heavy atom. The quantitative estimate of drug-likeness (QED) is 0.894. The Kier molecular flexibility index (Phi) is 4.62. The van der Waals surface area contributed by atoms with Crippen LogP contribution in [-0.4, -0.2) is 50.0 Å². The number of rotatable bonds is 5. The summed E-state index contributed by atoms with van der Waals surface area (Å²) in [6.07, 6.45) is 2.77. The first-order valence-electron chi connectivity index (χ1n) is 7.85. The van der Waals surface area contributed by atoms with Gasteiger partial charge in [-0.15, -0.1) is 0 Å². The van der Waals surface area contributed by atoms with Crippen molar-refractivity contribution < 1.29 is 8.42 Å². The van der Waals surface area contributed by atoms with Crippen LogP contribution in [0.5, 0.6) is 0 Å². The molecule has 3 rings (SSSR count). The van der Waals surface area contributed by atoms with Crippen LogP contribution >= 0.6 is 0 Å². The van der Waals surface area contributed by atoms with Gasteiger partial charge in [-0.3, -0.25) is 4.90 Å². The second-order valence-electron chi connectivity index (χ2n) is 6.25. The van der Waals surface area contributed by atoms with Crippen LogP contribution < -0.4 is 5.32 Å². The molecular formula is C16H24N2O2S. The van der Waals surface area contributed by atoms with Crippen molar-refractivity contribution in [3.8, 4) is 0 Å². The van der Waals surface area contributed by atoms with Gasteiger partial charge < -0.3 is 5.32 Å². The number of likely N-dealkylation sites (tertiary alicyclic amines) is 1. The van der Waals surface area contributed by atoms with E-state index in [1.165, 1.54) is 5.56 Å². The lowest BCUT2D eigenvalue weighted by Crippen LogP contribution is -2.39. The van der Waals surface area contributed by atoms with Crippen LogP contribution in [0.2, 0.25) is 0 Å². The summed E-state index contributed by atoms with van der Waals surface area (Å²) in [5, 5.41) is 3.32. The molecule has 0 aliphatic carbocycles. The van der Waals surface area contributed by atoms with Gasteiger partial charge in [0.1, 0.15) is 0 Å². The molecule has 2 unspecified atom stereocenters. The molecule has 2 aliphatic heterocycles. The molecule has 1 N–H and O–H groups in total. The summed E-state index contributed by atoms with van der Waals surface area (Å²) in [6.45, 7) is 3.72. The molecule has 1 aromatic rings. The van der Waals surface area contributed by atoms with E-state index in [9.17, 15) is 8.42 Å². The Bertz CT molecular complexity index is 559. The largest absolute Gasteiger partial charge is 0.311 e. The highest BCUT2D eigenvalue weighted by Gasteiger charge is 2.32. The molecule has 2 heterocycles. The van der Waals surface area contributed by atoms with E-state index in [1.807, 2.05) is 6.07 Å². The molecule has 5 heteroatoms. The van der Waals surface area contributed by atoms with Crippen molar-refractivity contribution in [1.29, 1.82) is 0 Å². The summed E-state index contributed by atoms with van der Waals surface area (Å²) in [6, 6.07) is 10.9. The van der Waals surface area contributed by atoms with E-state index in [-0.39, 0.29) is 5.25 Å². The molecule has 0 bridgehead atoms. The average molecular weight is 308 g/mol. The van der Waals surface area contributed by atoms with Crippen molar-refractivity contribution >= 4 is 9.84 Å². The van der Waals surface area contributed by atoms with Gasteiger partial charge in [-0.05, 0) is 24.8 Å². The van der Waals surface area contributed by atoms with Crippen LogP contribution in [0, 0.1) is 0 Å². The molecule has 0 amide bonds. The maximum atomic E-state index is 11.8. The summed E-state index contributed by atoms with van der Waals surface area (Å²) < 4.78 is 23.6. The van der Waals surface area contributed by atoms with Gasteiger partial charge in [-0.1, -0.05) is 30.3 Å². The number of sulfone groups is 1. The summed E-state index contributed by atoms with van der Waals surface area (Å²) in [5.74, 6) is 0.379. The SMILES string of the molecule is O=S1(=O)CCCC1CNC1CCN(Cc2ccccc2)C1. The van der Waals surface area contributed by atoms with Crippen LogP contribution in [0.15, 0.2) is 30.3 Å². The number of nitrogens with zero attached hydrogens (tertiary/aromatic N) is 1. The van der Waals surface area contributed by atoms with Gasteiger partial charge >= 0.3 is 0 Å². The third-order valence-corrected chi connectivity index (χ3v) is 6.89. The molecule has 21 heavy (non-hydrogen) atoms. The molecule has 1 aromatic carbocycles. The topological polar surface area (TPSA) is 49.4 Å². The first-order valence-corrected chi connectivity index (χ1v) is 9.56. The van der Waals surface area contributed by atoms with E-state index in [4.69, 9.17) is 0 Å². The number of benzene rings is 1. The maximum absolute atomic E-state index is 11.8. The Hall–Kier alpha value is -0.910. The Morgan fingerprint density at radius 1 is 1.19 bits per heavy atom. The van der Waals surface area contributed by atoms with E-state index in [0.29, 0.717) is 18.3 Å². The van der Waals surface area contributed by atoms with Crippen molar-refractivity contribution in [3.05, 3.63) is 35.9 Å². The van der Waals surface area contributed by atoms with Crippen molar-refractivity contribution in [1.82, 2.24) is 10.2 Å². The first-order chi connectivity index (χ1) is 10.1. The molecule has 2 aliphatic rings. The minimum atomic E-state index is -2.82. The number of hydrogen-bond acceptors (Lipinski definition) is 4. The van der Waals surface area contributed by atoms with Gasteiger partial charge in [0.15, 0.2) is 9.84 Å². The predicted molar refractivity (Wildman–Crippen MR) is 84.9 cm³/mol. The maximum Gasteiger partial charge on any atom is 0.154 e. The van der Waals surface area contributed by atoms with Crippen molar-refractivity contribution in [2.24, 2.45) is 0 Å². The third kappa shape index (κ3) is 3.84. The van der Waals surface area contributed by atoms with E-state index in [0.717, 1.165) is 38.9 Å². The zero-order chi connectivity index (χ0) is 14.7. The Labute approximate surface area is 127 Å². The fourth-order valence-electron chi connectivity index (χ4n) is 3.37. The Balaban J connectivity index is 1.45.